The Bertz CT molecular complexity index is 1180. The van der Waals surface area contributed by atoms with Gasteiger partial charge < -0.3 is 4.90 Å². The minimum absolute atomic E-state index is 0.0547. The van der Waals surface area contributed by atoms with E-state index in [0.29, 0.717) is 4.70 Å². The lowest BCUT2D eigenvalue weighted by atomic mass is 9.91. The summed E-state index contributed by atoms with van der Waals surface area (Å²) in [5.74, 6) is 0. The molecule has 3 heterocycles. The van der Waals surface area contributed by atoms with Crippen molar-refractivity contribution in [1.29, 1.82) is 0 Å². The van der Waals surface area contributed by atoms with E-state index in [0.717, 1.165) is 32.6 Å². The van der Waals surface area contributed by atoms with Crippen molar-refractivity contribution >= 4 is 50.8 Å². The maximum Gasteiger partial charge on any atom is 0.275 e. The van der Waals surface area contributed by atoms with Gasteiger partial charge in [0, 0.05) is 26.0 Å². The zero-order chi connectivity index (χ0) is 17.7. The fourth-order valence-electron chi connectivity index (χ4n) is 2.97. The number of nitrogens with zero attached hydrogens (tertiary/aromatic N) is 4. The highest BCUT2D eigenvalue weighted by Crippen LogP contribution is 2.35. The fourth-order valence-corrected chi connectivity index (χ4v) is 4.02. The monoisotopic (exact) mass is 348 g/mol. The number of fused-ring (bicyclic) bond motifs is 3. The first-order valence-electron chi connectivity index (χ1n) is 8.01. The highest BCUT2D eigenvalue weighted by molar-refractivity contribution is 7.25. The zero-order valence-electron chi connectivity index (χ0n) is 14.6. The molecule has 0 spiro atoms. The Kier molecular flexibility index (Phi) is 3.61. The van der Waals surface area contributed by atoms with Crippen LogP contribution in [-0.2, 0) is 0 Å². The molecule has 0 bridgehead atoms. The van der Waals surface area contributed by atoms with Crippen LogP contribution in [0.3, 0.4) is 0 Å². The van der Waals surface area contributed by atoms with Crippen LogP contribution in [-0.4, -0.2) is 36.5 Å². The molecule has 0 saturated heterocycles. The van der Waals surface area contributed by atoms with E-state index in [1.165, 1.54) is 16.9 Å². The van der Waals surface area contributed by atoms with Crippen molar-refractivity contribution in [3.63, 3.8) is 0 Å². The molecule has 4 aromatic rings. The predicted molar refractivity (Wildman–Crippen MR) is 108 cm³/mol. The van der Waals surface area contributed by atoms with Gasteiger partial charge in [0.05, 0.1) is 16.6 Å². The van der Waals surface area contributed by atoms with Crippen LogP contribution in [0.2, 0.25) is 0 Å². The van der Waals surface area contributed by atoms with Gasteiger partial charge in [0.1, 0.15) is 23.7 Å². The smallest absolute Gasteiger partial charge is 0.275 e. The second kappa shape index (κ2) is 5.70. The average Bonchev–Trinajstić information content (AvgIpc) is 2.97. The summed E-state index contributed by atoms with van der Waals surface area (Å²) >= 11 is 1.40. The molecular weight excluding hydrogens is 331 g/mol. The van der Waals surface area contributed by atoms with Crippen molar-refractivity contribution in [3.8, 4) is 5.69 Å². The number of aryl methyl sites for hydroxylation is 1. The highest BCUT2D eigenvalue weighted by atomic mass is 32.1. The third kappa shape index (κ3) is 2.43. The molecule has 1 aromatic carbocycles. The van der Waals surface area contributed by atoms with Gasteiger partial charge in [-0.1, -0.05) is 17.1 Å². The van der Waals surface area contributed by atoms with Crippen LogP contribution < -0.4 is 15.9 Å². The molecule has 4 rings (SSSR count). The molecule has 0 atom stereocenters. The van der Waals surface area contributed by atoms with Crippen molar-refractivity contribution in [2.24, 2.45) is 0 Å². The molecule has 0 saturated carbocycles. The van der Waals surface area contributed by atoms with Crippen molar-refractivity contribution in [2.45, 2.75) is 6.92 Å². The van der Waals surface area contributed by atoms with Gasteiger partial charge in [-0.25, -0.2) is 9.97 Å². The van der Waals surface area contributed by atoms with Crippen molar-refractivity contribution in [2.75, 3.05) is 19.0 Å². The van der Waals surface area contributed by atoms with Gasteiger partial charge >= 0.3 is 0 Å². The number of pyridine rings is 1. The predicted octanol–water partition coefficient (Wildman–Crippen LogP) is 1.63. The van der Waals surface area contributed by atoms with Crippen LogP contribution in [0.15, 0.2) is 41.6 Å². The highest BCUT2D eigenvalue weighted by Gasteiger charge is 2.16. The Labute approximate surface area is 150 Å². The Balaban J connectivity index is 2.03. The van der Waals surface area contributed by atoms with Crippen LogP contribution in [0.1, 0.15) is 5.56 Å². The number of thiophene rings is 1. The molecule has 0 fully saturated rings. The van der Waals surface area contributed by atoms with Crippen LogP contribution in [0.5, 0.6) is 0 Å². The molecule has 0 N–H and O–H groups in total. The van der Waals surface area contributed by atoms with E-state index >= 15 is 0 Å². The number of hydrogen-bond acceptors (Lipinski definition) is 5. The normalized spacial score (nSPS) is 11.3. The second-order valence-corrected chi connectivity index (χ2v) is 7.37. The van der Waals surface area contributed by atoms with Gasteiger partial charge in [-0.05, 0) is 25.1 Å². The summed E-state index contributed by atoms with van der Waals surface area (Å²) in [4.78, 5) is 25.0. The standard InChI is InChI=1S/C18H17BN4OS/c1-10-4-5-11(8-12(10)19)23-9-21-15-14-13(22(2)3)6-7-20-17(14)25-16(15)18(23)24/h4-9H,19H2,1-3H3. The average molecular weight is 348 g/mol. The molecule has 3 aromatic heterocycles. The van der Waals surface area contributed by atoms with Crippen molar-refractivity contribution in [1.82, 2.24) is 14.5 Å². The van der Waals surface area contributed by atoms with Gasteiger partial charge in [-0.3, -0.25) is 9.36 Å². The molecular formula is C18H17BN4OS. The topological polar surface area (TPSA) is 51.0 Å². The molecule has 124 valence electrons. The summed E-state index contributed by atoms with van der Waals surface area (Å²) in [6.45, 7) is 2.06. The molecule has 0 unspecified atom stereocenters. The van der Waals surface area contributed by atoms with E-state index in [1.807, 2.05) is 51.1 Å². The summed E-state index contributed by atoms with van der Waals surface area (Å²) in [7, 11) is 6.01. The molecule has 0 aliphatic carbocycles. The largest absolute Gasteiger partial charge is 0.377 e. The molecule has 0 aliphatic heterocycles. The summed E-state index contributed by atoms with van der Waals surface area (Å²) in [5, 5.41) is 0.942. The molecule has 5 nitrogen and oxygen atoms in total. The lowest BCUT2D eigenvalue weighted by Gasteiger charge is -2.13. The van der Waals surface area contributed by atoms with Crippen LogP contribution in [0.4, 0.5) is 5.69 Å². The maximum atomic E-state index is 13.1. The Hall–Kier alpha value is -2.67. The Morgan fingerprint density at radius 1 is 1.20 bits per heavy atom. The number of rotatable bonds is 2. The molecule has 0 aliphatic rings. The third-order valence-electron chi connectivity index (χ3n) is 4.51. The summed E-state index contributed by atoms with van der Waals surface area (Å²) in [6.07, 6.45) is 3.39. The summed E-state index contributed by atoms with van der Waals surface area (Å²) in [6, 6.07) is 7.94. The first-order chi connectivity index (χ1) is 12.0. The van der Waals surface area contributed by atoms with Gasteiger partial charge in [0.15, 0.2) is 0 Å². The Morgan fingerprint density at radius 3 is 2.72 bits per heavy atom. The SMILES string of the molecule is Bc1cc(-n2cnc3c(sc4nccc(N(C)C)c43)c2=O)ccc1C. The summed E-state index contributed by atoms with van der Waals surface area (Å²) in [5.41, 5.74) is 4.88. The van der Waals surface area contributed by atoms with Gasteiger partial charge in [0.25, 0.3) is 5.56 Å². The number of benzene rings is 1. The fraction of sp³-hybridized carbons (Fsp3) is 0.167. The van der Waals surface area contributed by atoms with Crippen LogP contribution in [0.25, 0.3) is 26.1 Å². The minimum atomic E-state index is -0.0547. The van der Waals surface area contributed by atoms with E-state index in [9.17, 15) is 4.79 Å². The molecule has 25 heavy (non-hydrogen) atoms. The van der Waals surface area contributed by atoms with E-state index in [4.69, 9.17) is 0 Å². The van der Waals surface area contributed by atoms with E-state index in [2.05, 4.69) is 16.9 Å². The zero-order valence-corrected chi connectivity index (χ0v) is 15.4. The second-order valence-electron chi connectivity index (χ2n) is 6.37. The lowest BCUT2D eigenvalue weighted by Crippen LogP contribution is -2.20. The molecule has 0 amide bonds. The quantitative estimate of drug-likeness (QED) is 0.517. The van der Waals surface area contributed by atoms with Crippen LogP contribution >= 0.6 is 11.3 Å². The maximum absolute atomic E-state index is 13.1. The van der Waals surface area contributed by atoms with Gasteiger partial charge in [-0.2, -0.15) is 0 Å². The first kappa shape index (κ1) is 15.8. The Morgan fingerprint density at radius 2 is 2.00 bits per heavy atom. The third-order valence-corrected chi connectivity index (χ3v) is 5.59. The van der Waals surface area contributed by atoms with E-state index in [1.54, 1.807) is 17.1 Å². The van der Waals surface area contributed by atoms with E-state index in [-0.39, 0.29) is 5.56 Å². The minimum Gasteiger partial charge on any atom is -0.377 e. The first-order valence-corrected chi connectivity index (χ1v) is 8.83. The van der Waals surface area contributed by atoms with Crippen molar-refractivity contribution < 1.29 is 0 Å². The van der Waals surface area contributed by atoms with E-state index < -0.39 is 0 Å². The van der Waals surface area contributed by atoms with Gasteiger partial charge in [-0.15, -0.1) is 11.3 Å². The van der Waals surface area contributed by atoms with Gasteiger partial charge in [0.2, 0.25) is 0 Å². The number of anilines is 1. The van der Waals surface area contributed by atoms with Crippen LogP contribution in [0, 0.1) is 6.92 Å². The summed E-state index contributed by atoms with van der Waals surface area (Å²) < 4.78 is 2.25. The number of hydrogen-bond donors (Lipinski definition) is 0. The molecule has 7 heteroatoms. The lowest BCUT2D eigenvalue weighted by molar-refractivity contribution is 0.968. The molecule has 0 radical (unpaired) electrons. The van der Waals surface area contributed by atoms with Crippen molar-refractivity contribution in [3.05, 3.63) is 52.7 Å². The number of aromatic nitrogens is 3.